The molecule has 2 heterocycles. The molecule has 126 valence electrons. The molecule has 2 aromatic heterocycles. The molecule has 0 saturated carbocycles. The van der Waals surface area contributed by atoms with Gasteiger partial charge in [-0.1, -0.05) is 20.3 Å². The van der Waals surface area contributed by atoms with Crippen molar-refractivity contribution in [3.63, 3.8) is 0 Å². The molecule has 0 bridgehead atoms. The van der Waals surface area contributed by atoms with Gasteiger partial charge in [0.15, 0.2) is 0 Å². The lowest BCUT2D eigenvalue weighted by Crippen LogP contribution is -1.99. The molecule has 0 amide bonds. The number of rotatable bonds is 6. The molecular weight excluding hydrogens is 304 g/mol. The van der Waals surface area contributed by atoms with E-state index >= 15 is 0 Å². The topological polar surface area (TPSA) is 70.7 Å². The summed E-state index contributed by atoms with van der Waals surface area (Å²) in [7, 11) is 3.75. The predicted octanol–water partition coefficient (Wildman–Crippen LogP) is 2.92. The molecule has 7 nitrogen and oxygen atoms in total. The first-order valence-electron chi connectivity index (χ1n) is 8.19. The van der Waals surface area contributed by atoms with E-state index in [1.165, 1.54) is 4.80 Å². The molecule has 0 N–H and O–H groups in total. The van der Waals surface area contributed by atoms with Gasteiger partial charge in [-0.3, -0.25) is 0 Å². The normalized spacial score (nSPS) is 11.0. The van der Waals surface area contributed by atoms with E-state index in [1.54, 1.807) is 7.05 Å². The van der Waals surface area contributed by atoms with Crippen molar-refractivity contribution in [2.45, 2.75) is 33.1 Å². The number of hydrogen-bond acceptors (Lipinski definition) is 5. The lowest BCUT2D eigenvalue weighted by atomic mass is 10.2. The first kappa shape index (κ1) is 16.2. The Bertz CT molecular complexity index is 818. The molecule has 3 aromatic rings. The molecule has 0 radical (unpaired) electrons. The maximum atomic E-state index is 6.11. The van der Waals surface area contributed by atoms with Crippen LogP contribution in [-0.4, -0.2) is 29.8 Å². The first-order chi connectivity index (χ1) is 11.6. The van der Waals surface area contributed by atoms with Gasteiger partial charge in [0.1, 0.15) is 17.3 Å². The van der Waals surface area contributed by atoms with Crippen molar-refractivity contribution >= 4 is 0 Å². The number of ether oxygens (including phenoxy) is 1. The van der Waals surface area contributed by atoms with Crippen LogP contribution in [-0.2, 0) is 26.9 Å². The minimum absolute atomic E-state index is 0.601. The summed E-state index contributed by atoms with van der Waals surface area (Å²) in [6.45, 7) is 4.25. The van der Waals surface area contributed by atoms with Crippen LogP contribution in [0.4, 0.5) is 0 Å². The monoisotopic (exact) mass is 326 g/mol. The van der Waals surface area contributed by atoms with Crippen LogP contribution in [0.5, 0.6) is 11.6 Å². The highest BCUT2D eigenvalue weighted by atomic mass is 16.5. The van der Waals surface area contributed by atoms with Gasteiger partial charge in [-0.15, -0.1) is 10.2 Å². The Hall–Kier alpha value is -2.70. The molecule has 7 heteroatoms. The highest BCUT2D eigenvalue weighted by Gasteiger charge is 2.15. The van der Waals surface area contributed by atoms with Gasteiger partial charge in [0.25, 0.3) is 0 Å². The number of benzene rings is 1. The van der Waals surface area contributed by atoms with Gasteiger partial charge in [0, 0.05) is 19.0 Å². The molecule has 0 unspecified atom stereocenters. The van der Waals surface area contributed by atoms with Gasteiger partial charge in [-0.25, -0.2) is 4.98 Å². The van der Waals surface area contributed by atoms with Gasteiger partial charge in [-0.2, -0.15) is 4.80 Å². The summed E-state index contributed by atoms with van der Waals surface area (Å²) >= 11 is 0. The summed E-state index contributed by atoms with van der Waals surface area (Å²) < 4.78 is 8.14. The van der Waals surface area contributed by atoms with E-state index in [9.17, 15) is 0 Å². The predicted molar refractivity (Wildman–Crippen MR) is 90.9 cm³/mol. The SMILES string of the molecule is CCCc1nc(CC)n(C)c1Oc1ccc(-c2nnn(C)n2)cc1. The zero-order valence-corrected chi connectivity index (χ0v) is 14.5. The van der Waals surface area contributed by atoms with Crippen LogP contribution in [0.15, 0.2) is 24.3 Å². The number of aromatic nitrogens is 6. The van der Waals surface area contributed by atoms with Crippen molar-refractivity contribution in [3.8, 4) is 23.0 Å². The minimum Gasteiger partial charge on any atom is -0.439 e. The number of nitrogens with zero attached hydrogens (tertiary/aromatic N) is 6. The fourth-order valence-corrected chi connectivity index (χ4v) is 2.62. The van der Waals surface area contributed by atoms with E-state index in [1.807, 2.05) is 35.9 Å². The van der Waals surface area contributed by atoms with E-state index in [0.29, 0.717) is 5.82 Å². The molecule has 0 aliphatic carbocycles. The summed E-state index contributed by atoms with van der Waals surface area (Å²) in [6, 6.07) is 7.70. The highest BCUT2D eigenvalue weighted by Crippen LogP contribution is 2.28. The van der Waals surface area contributed by atoms with Gasteiger partial charge < -0.3 is 9.30 Å². The highest BCUT2D eigenvalue weighted by molar-refractivity contribution is 5.55. The summed E-state index contributed by atoms with van der Waals surface area (Å²) in [5, 5.41) is 12.1. The summed E-state index contributed by atoms with van der Waals surface area (Å²) in [5.74, 6) is 3.23. The zero-order valence-electron chi connectivity index (χ0n) is 14.5. The minimum atomic E-state index is 0.601. The van der Waals surface area contributed by atoms with Crippen LogP contribution >= 0.6 is 0 Å². The largest absolute Gasteiger partial charge is 0.439 e. The average molecular weight is 326 g/mol. The number of imidazole rings is 1. The van der Waals surface area contributed by atoms with Gasteiger partial charge >= 0.3 is 0 Å². The van der Waals surface area contributed by atoms with E-state index in [2.05, 4.69) is 34.2 Å². The molecular formula is C17H22N6O. The quantitative estimate of drug-likeness (QED) is 0.696. The molecule has 1 aromatic carbocycles. The second-order valence-corrected chi connectivity index (χ2v) is 5.67. The van der Waals surface area contributed by atoms with Crippen LogP contribution in [0.1, 0.15) is 31.8 Å². The number of aryl methyl sites for hydroxylation is 3. The molecule has 0 aliphatic rings. The van der Waals surface area contributed by atoms with E-state index in [4.69, 9.17) is 4.74 Å². The van der Waals surface area contributed by atoms with Crippen molar-refractivity contribution < 1.29 is 4.74 Å². The van der Waals surface area contributed by atoms with Crippen molar-refractivity contribution in [1.29, 1.82) is 0 Å². The smallest absolute Gasteiger partial charge is 0.222 e. The third kappa shape index (κ3) is 3.15. The molecule has 0 atom stereocenters. The van der Waals surface area contributed by atoms with Gasteiger partial charge in [0.2, 0.25) is 11.7 Å². The maximum Gasteiger partial charge on any atom is 0.222 e. The van der Waals surface area contributed by atoms with Crippen molar-refractivity contribution in [3.05, 3.63) is 35.8 Å². The lowest BCUT2D eigenvalue weighted by molar-refractivity contribution is 0.434. The standard InChI is InChI=1S/C17H22N6O/c1-5-7-14-17(22(3)15(6-2)18-14)24-13-10-8-12(9-11-13)16-19-21-23(4)20-16/h8-11H,5-7H2,1-4H3. The zero-order chi connectivity index (χ0) is 17.1. The fraction of sp³-hybridized carbons (Fsp3) is 0.412. The van der Waals surface area contributed by atoms with Crippen LogP contribution < -0.4 is 4.74 Å². The van der Waals surface area contributed by atoms with Crippen LogP contribution in [0, 0.1) is 0 Å². The van der Waals surface area contributed by atoms with Crippen LogP contribution in [0.25, 0.3) is 11.4 Å². The molecule has 0 saturated heterocycles. The Balaban J connectivity index is 1.85. The molecule has 0 spiro atoms. The Kier molecular flexibility index (Phi) is 4.59. The molecule has 0 fully saturated rings. The van der Waals surface area contributed by atoms with Crippen molar-refractivity contribution in [2.75, 3.05) is 0 Å². The second-order valence-electron chi connectivity index (χ2n) is 5.67. The third-order valence-corrected chi connectivity index (χ3v) is 3.84. The van der Waals surface area contributed by atoms with E-state index in [-0.39, 0.29) is 0 Å². The summed E-state index contributed by atoms with van der Waals surface area (Å²) in [4.78, 5) is 6.13. The van der Waals surface area contributed by atoms with Crippen LogP contribution in [0.3, 0.4) is 0 Å². The maximum absolute atomic E-state index is 6.11. The summed E-state index contributed by atoms with van der Waals surface area (Å²) in [6.07, 6.45) is 2.83. The van der Waals surface area contributed by atoms with Gasteiger partial charge in [-0.05, 0) is 35.9 Å². The molecule has 0 aliphatic heterocycles. The Morgan fingerprint density at radius 2 is 1.83 bits per heavy atom. The Labute approximate surface area is 141 Å². The first-order valence-corrected chi connectivity index (χ1v) is 8.19. The lowest BCUT2D eigenvalue weighted by Gasteiger charge is -2.09. The number of hydrogen-bond donors (Lipinski definition) is 0. The van der Waals surface area contributed by atoms with E-state index in [0.717, 1.165) is 48.0 Å². The van der Waals surface area contributed by atoms with Gasteiger partial charge in [0.05, 0.1) is 7.05 Å². The van der Waals surface area contributed by atoms with Crippen molar-refractivity contribution in [1.82, 2.24) is 29.8 Å². The Morgan fingerprint density at radius 1 is 1.08 bits per heavy atom. The second kappa shape index (κ2) is 6.82. The molecule has 24 heavy (non-hydrogen) atoms. The Morgan fingerprint density at radius 3 is 2.42 bits per heavy atom. The molecule has 3 rings (SSSR count). The fourth-order valence-electron chi connectivity index (χ4n) is 2.62. The van der Waals surface area contributed by atoms with Crippen LogP contribution in [0.2, 0.25) is 0 Å². The van der Waals surface area contributed by atoms with E-state index < -0.39 is 0 Å². The van der Waals surface area contributed by atoms with Crippen molar-refractivity contribution in [2.24, 2.45) is 14.1 Å². The summed E-state index contributed by atoms with van der Waals surface area (Å²) in [5.41, 5.74) is 1.92. The number of tetrazole rings is 1. The third-order valence-electron chi connectivity index (χ3n) is 3.84. The average Bonchev–Trinajstić information content (AvgIpc) is 3.14.